The lowest BCUT2D eigenvalue weighted by Gasteiger charge is -2.50. The van der Waals surface area contributed by atoms with E-state index in [1.807, 2.05) is 15.9 Å². The highest BCUT2D eigenvalue weighted by Gasteiger charge is 2.46. The first-order valence-electron chi connectivity index (χ1n) is 22.6. The van der Waals surface area contributed by atoms with Gasteiger partial charge in [0.1, 0.15) is 12.5 Å². The zero-order valence-electron chi connectivity index (χ0n) is 35.7. The van der Waals surface area contributed by atoms with Crippen molar-refractivity contribution in [2.24, 2.45) is 5.41 Å². The molecule has 1 aliphatic carbocycles. The molecular weight excluding hydrogens is 781 g/mol. The molecule has 60 heavy (non-hydrogen) atoms. The molecule has 2 bridgehead atoms. The molecule has 8 aromatic rings. The summed E-state index contributed by atoms with van der Waals surface area (Å²) in [5, 5.41) is 17.1. The Kier molecular flexibility index (Phi) is 8.62. The summed E-state index contributed by atoms with van der Waals surface area (Å²) >= 11 is 4.08. The fourth-order valence-corrected chi connectivity index (χ4v) is 15.1. The SMILES string of the molecule is Cc1cc(-c2[nH]c3cc(C4CC5CC([n+]6cnn7cc(-c8[nH]c9cc(C%10CC%11(CCNCC%11)C%10)sc9c8C(C)C)cc(C)c76)CC(C4)N5)sc3c2C(C)C)cn2ncnc12. The van der Waals surface area contributed by atoms with Crippen molar-refractivity contribution in [2.75, 3.05) is 13.1 Å². The highest BCUT2D eigenvalue weighted by Crippen LogP contribution is 2.58. The van der Waals surface area contributed by atoms with Gasteiger partial charge in [-0.2, -0.15) is 5.10 Å². The van der Waals surface area contributed by atoms with Crippen LogP contribution in [0.25, 0.3) is 54.2 Å². The largest absolute Gasteiger partial charge is 0.354 e. The molecule has 1 saturated carbocycles. The Labute approximate surface area is 359 Å². The minimum Gasteiger partial charge on any atom is -0.354 e. The normalized spacial score (nSPS) is 23.4. The van der Waals surface area contributed by atoms with Gasteiger partial charge in [0.2, 0.25) is 0 Å². The summed E-state index contributed by atoms with van der Waals surface area (Å²) in [5.41, 5.74) is 15.5. The maximum atomic E-state index is 5.03. The maximum Gasteiger partial charge on any atom is 0.268 e. The monoisotopic (exact) mass is 837 g/mol. The van der Waals surface area contributed by atoms with E-state index >= 15 is 0 Å². The quantitative estimate of drug-likeness (QED) is 0.120. The molecule has 12 rings (SSSR count). The van der Waals surface area contributed by atoms with Gasteiger partial charge >= 0.3 is 0 Å². The number of piperidine rings is 3. The molecule has 310 valence electrons. The lowest BCUT2D eigenvalue weighted by Crippen LogP contribution is -2.56. The van der Waals surface area contributed by atoms with Gasteiger partial charge in [-0.05, 0) is 148 Å². The van der Waals surface area contributed by atoms with E-state index in [1.165, 1.54) is 122 Å². The lowest BCUT2D eigenvalue weighted by molar-refractivity contribution is -0.703. The molecular formula is C48H57N10S2+. The first-order valence-corrected chi connectivity index (χ1v) is 24.2. The summed E-state index contributed by atoms with van der Waals surface area (Å²) in [6.07, 6.45) is 18.2. The van der Waals surface area contributed by atoms with Gasteiger partial charge in [0.05, 0.1) is 37.9 Å². The van der Waals surface area contributed by atoms with Crippen LogP contribution in [-0.4, -0.2) is 59.4 Å². The molecule has 0 radical (unpaired) electrons. The van der Waals surface area contributed by atoms with Crippen LogP contribution >= 0.6 is 22.7 Å². The van der Waals surface area contributed by atoms with Gasteiger partial charge in [-0.15, -0.1) is 22.7 Å². The summed E-state index contributed by atoms with van der Waals surface area (Å²) in [7, 11) is 0. The summed E-state index contributed by atoms with van der Waals surface area (Å²) in [6.45, 7) is 16.1. The maximum absolute atomic E-state index is 5.03. The minimum atomic E-state index is 0.400. The summed E-state index contributed by atoms with van der Waals surface area (Å²) < 4.78 is 9.42. The summed E-state index contributed by atoms with van der Waals surface area (Å²) in [4.78, 5) is 15.4. The number of fused-ring (bicyclic) bond motifs is 6. The van der Waals surface area contributed by atoms with E-state index in [4.69, 9.17) is 5.10 Å². The molecule has 0 aromatic carbocycles. The number of aromatic amines is 2. The number of aryl methyl sites for hydroxylation is 2. The number of rotatable bonds is 7. The van der Waals surface area contributed by atoms with E-state index in [0.717, 1.165) is 30.0 Å². The zero-order chi connectivity index (χ0) is 40.6. The zero-order valence-corrected chi connectivity index (χ0v) is 37.4. The third-order valence-corrected chi connectivity index (χ3v) is 17.7. The minimum absolute atomic E-state index is 0.400. The molecule has 2 unspecified atom stereocenters. The van der Waals surface area contributed by atoms with Gasteiger partial charge in [0.25, 0.3) is 12.0 Å². The van der Waals surface area contributed by atoms with Crippen LogP contribution in [0.4, 0.5) is 0 Å². The van der Waals surface area contributed by atoms with Crippen LogP contribution in [0.1, 0.15) is 141 Å². The summed E-state index contributed by atoms with van der Waals surface area (Å²) in [5.74, 6) is 2.13. The van der Waals surface area contributed by atoms with Gasteiger partial charge in [-0.1, -0.05) is 32.2 Å². The van der Waals surface area contributed by atoms with Crippen molar-refractivity contribution < 1.29 is 4.57 Å². The first-order chi connectivity index (χ1) is 29.1. The summed E-state index contributed by atoms with van der Waals surface area (Å²) in [6, 6.07) is 11.0. The van der Waals surface area contributed by atoms with Gasteiger partial charge in [0.15, 0.2) is 5.65 Å². The Morgan fingerprint density at radius 1 is 0.733 bits per heavy atom. The van der Waals surface area contributed by atoms with E-state index in [2.05, 4.69) is 136 Å². The second kappa shape index (κ2) is 13.8. The van der Waals surface area contributed by atoms with Gasteiger partial charge in [0, 0.05) is 49.8 Å². The molecule has 12 heteroatoms. The van der Waals surface area contributed by atoms with Crippen molar-refractivity contribution in [3.63, 3.8) is 0 Å². The molecule has 3 aliphatic heterocycles. The van der Waals surface area contributed by atoms with Crippen molar-refractivity contribution in [1.82, 2.24) is 44.8 Å². The van der Waals surface area contributed by atoms with Crippen LogP contribution < -0.4 is 15.2 Å². The van der Waals surface area contributed by atoms with E-state index in [-0.39, 0.29) is 0 Å². The number of H-pyrrole nitrogens is 2. The highest BCUT2D eigenvalue weighted by molar-refractivity contribution is 7.19. The van der Waals surface area contributed by atoms with E-state index < -0.39 is 0 Å². The Bertz CT molecular complexity index is 2920. The van der Waals surface area contributed by atoms with E-state index in [1.54, 1.807) is 11.2 Å². The molecule has 4 aliphatic rings. The Morgan fingerprint density at radius 2 is 1.33 bits per heavy atom. The second-order valence-electron chi connectivity index (χ2n) is 19.8. The molecule has 1 spiro atoms. The molecule has 8 aromatic heterocycles. The number of thiophene rings is 2. The number of nitrogens with one attached hydrogen (secondary N) is 4. The van der Waals surface area contributed by atoms with Crippen molar-refractivity contribution >= 4 is 54.4 Å². The van der Waals surface area contributed by atoms with Gasteiger partial charge in [-0.25, -0.2) is 14.1 Å². The topological polar surface area (TPSA) is 107 Å². The molecule has 3 saturated heterocycles. The average Bonchev–Trinajstić information content (AvgIpc) is 4.05. The molecule has 2 atom stereocenters. The van der Waals surface area contributed by atoms with Crippen LogP contribution in [-0.2, 0) is 0 Å². The van der Waals surface area contributed by atoms with Crippen LogP contribution in [0.2, 0.25) is 0 Å². The second-order valence-corrected chi connectivity index (χ2v) is 22.0. The Hall–Kier alpha value is -4.36. The number of hydrogen-bond donors (Lipinski definition) is 4. The lowest BCUT2D eigenvalue weighted by atomic mass is 9.57. The van der Waals surface area contributed by atoms with E-state index in [9.17, 15) is 0 Å². The Morgan fingerprint density at radius 3 is 1.97 bits per heavy atom. The predicted molar refractivity (Wildman–Crippen MR) is 244 cm³/mol. The van der Waals surface area contributed by atoms with Crippen molar-refractivity contribution in [1.29, 1.82) is 0 Å². The van der Waals surface area contributed by atoms with Crippen molar-refractivity contribution in [2.45, 2.75) is 135 Å². The van der Waals surface area contributed by atoms with Gasteiger partial charge in [-0.3, -0.25) is 0 Å². The Balaban J connectivity index is 0.784. The smallest absolute Gasteiger partial charge is 0.268 e. The molecule has 11 heterocycles. The van der Waals surface area contributed by atoms with E-state index in [0.29, 0.717) is 41.3 Å². The first kappa shape index (κ1) is 37.4. The van der Waals surface area contributed by atoms with Crippen molar-refractivity contribution in [3.8, 4) is 22.5 Å². The molecule has 4 fully saturated rings. The fourth-order valence-electron chi connectivity index (χ4n) is 12.3. The number of pyridine rings is 2. The third kappa shape index (κ3) is 5.91. The fraction of sp³-hybridized carbons (Fsp3) is 0.500. The molecule has 10 nitrogen and oxygen atoms in total. The molecule has 4 N–H and O–H groups in total. The number of aromatic nitrogens is 8. The average molecular weight is 838 g/mol. The van der Waals surface area contributed by atoms with Crippen LogP contribution in [0.5, 0.6) is 0 Å². The number of hydrogen-bond acceptors (Lipinski definition) is 7. The van der Waals surface area contributed by atoms with Crippen LogP contribution in [0.3, 0.4) is 0 Å². The highest BCUT2D eigenvalue weighted by atomic mass is 32.1. The molecule has 0 amide bonds. The van der Waals surface area contributed by atoms with Gasteiger partial charge < -0.3 is 20.6 Å². The standard InChI is InChI=1S/C48H57N10S2/c1-25(2)40-42(30-11-27(5)46-50-23-51-57(46)21-30)54-36-17-38(59-44(36)40)29-13-33-15-35(16-34(14-29)53-33)56-24-52-58-22-31(12-28(6)47(56)58)43-41(26(3)4)45-37(55-43)18-39(60-45)32-19-48(20-32)7-9-49-10-8-48/h11-12,17-18,21-26,29,32-35,49,53-55H,7-10,13-16,19-20H2,1-6H3/q+1. The van der Waals surface area contributed by atoms with Crippen LogP contribution in [0, 0.1) is 19.3 Å². The third-order valence-electron chi connectivity index (χ3n) is 15.0. The van der Waals surface area contributed by atoms with Crippen LogP contribution in [0.15, 0.2) is 49.3 Å². The predicted octanol–water partition coefficient (Wildman–Crippen LogP) is 10.4. The number of nitrogens with zero attached hydrogens (tertiary/aromatic N) is 6. The van der Waals surface area contributed by atoms with Crippen molar-refractivity contribution in [3.05, 3.63) is 81.3 Å².